The summed E-state index contributed by atoms with van der Waals surface area (Å²) in [5.74, 6) is 2.91. The van der Waals surface area contributed by atoms with Gasteiger partial charge in [0.25, 0.3) is 0 Å². The van der Waals surface area contributed by atoms with Crippen molar-refractivity contribution in [3.8, 4) is 0 Å². The fourth-order valence-corrected chi connectivity index (χ4v) is 5.63. The van der Waals surface area contributed by atoms with Gasteiger partial charge in [-0.2, -0.15) is 0 Å². The third kappa shape index (κ3) is 2.86. The summed E-state index contributed by atoms with van der Waals surface area (Å²) in [6, 6.07) is 4.31. The Morgan fingerprint density at radius 1 is 1.30 bits per heavy atom. The summed E-state index contributed by atoms with van der Waals surface area (Å²) in [6.45, 7) is 4.77. The Morgan fingerprint density at radius 2 is 2.11 bits per heavy atom. The van der Waals surface area contributed by atoms with Gasteiger partial charge in [0.1, 0.15) is 5.52 Å². The van der Waals surface area contributed by atoms with E-state index in [1.165, 1.54) is 25.7 Å². The number of pyridine rings is 1. The average molecular weight is 369 g/mol. The van der Waals surface area contributed by atoms with Crippen molar-refractivity contribution in [1.29, 1.82) is 0 Å². The maximum absolute atomic E-state index is 12.8. The highest BCUT2D eigenvalue weighted by atomic mass is 16.1. The van der Waals surface area contributed by atoms with Gasteiger partial charge in [-0.3, -0.25) is 14.7 Å². The molecule has 0 aromatic carbocycles. The summed E-state index contributed by atoms with van der Waals surface area (Å²) in [4.78, 5) is 22.0. The minimum atomic E-state index is 0. The average Bonchev–Trinajstić information content (AvgIpc) is 2.91. The minimum Gasteiger partial charge on any atom is -0.296 e. The second-order valence-electron chi connectivity index (χ2n) is 9.19. The smallest absolute Gasteiger partial charge is 0.226 e. The van der Waals surface area contributed by atoms with Crippen molar-refractivity contribution in [3.63, 3.8) is 0 Å². The lowest BCUT2D eigenvalue weighted by Crippen LogP contribution is -2.52. The van der Waals surface area contributed by atoms with Crippen molar-refractivity contribution in [2.24, 2.45) is 23.2 Å². The molecule has 0 unspecified atom stereocenters. The Hall–Kier alpha value is -1.91. The van der Waals surface area contributed by atoms with E-state index < -0.39 is 0 Å². The number of hydrogen-bond acceptors (Lipinski definition) is 3. The van der Waals surface area contributed by atoms with E-state index in [0.29, 0.717) is 35.7 Å². The number of rotatable bonds is 4. The first kappa shape index (κ1) is 18.5. The Balaban J connectivity index is 0.00000180. The Kier molecular flexibility index (Phi) is 4.52. The van der Waals surface area contributed by atoms with E-state index in [0.717, 1.165) is 29.9 Å². The molecule has 0 radical (unpaired) electrons. The zero-order valence-corrected chi connectivity index (χ0v) is 15.7. The Morgan fingerprint density at radius 3 is 2.78 bits per heavy atom. The third-order valence-corrected chi connectivity index (χ3v) is 7.59. The van der Waals surface area contributed by atoms with E-state index >= 15 is 0 Å². The van der Waals surface area contributed by atoms with Gasteiger partial charge in [0.2, 0.25) is 11.9 Å². The van der Waals surface area contributed by atoms with E-state index in [1.807, 2.05) is 18.3 Å². The SMILES string of the molecule is C.CC1(C)[C@H]2CC[C@@H](CC(=O)Nc3nc4cccnc4n3C3CCC3)[C@@H]1C2. The molecule has 0 spiro atoms. The number of carbonyl (C=O) groups excluding carboxylic acids is 1. The van der Waals surface area contributed by atoms with Gasteiger partial charge >= 0.3 is 0 Å². The van der Waals surface area contributed by atoms with Crippen LogP contribution in [0.25, 0.3) is 11.2 Å². The Labute approximate surface area is 162 Å². The summed E-state index contributed by atoms with van der Waals surface area (Å²) >= 11 is 0. The topological polar surface area (TPSA) is 59.8 Å². The number of nitrogens with one attached hydrogen (secondary N) is 1. The zero-order valence-electron chi connectivity index (χ0n) is 15.7. The fraction of sp³-hybridized carbons (Fsp3) is 0.682. The number of amides is 1. The number of nitrogens with zero attached hydrogens (tertiary/aromatic N) is 3. The summed E-state index contributed by atoms with van der Waals surface area (Å²) in [5, 5.41) is 3.13. The van der Waals surface area contributed by atoms with Crippen LogP contribution in [0.2, 0.25) is 0 Å². The Bertz CT molecular complexity index is 849. The van der Waals surface area contributed by atoms with Gasteiger partial charge in [-0.15, -0.1) is 0 Å². The molecule has 4 aliphatic carbocycles. The van der Waals surface area contributed by atoms with E-state index in [-0.39, 0.29) is 13.3 Å². The molecule has 3 atom stereocenters. The molecule has 146 valence electrons. The van der Waals surface area contributed by atoms with Crippen LogP contribution in [0.1, 0.15) is 72.3 Å². The summed E-state index contributed by atoms with van der Waals surface area (Å²) in [6.07, 6.45) is 9.76. The van der Waals surface area contributed by atoms with Gasteiger partial charge in [-0.05, 0) is 73.8 Å². The summed E-state index contributed by atoms with van der Waals surface area (Å²) in [7, 11) is 0. The maximum Gasteiger partial charge on any atom is 0.226 e. The first-order chi connectivity index (χ1) is 12.5. The molecule has 2 aromatic rings. The van der Waals surface area contributed by atoms with Crippen LogP contribution in [-0.4, -0.2) is 20.4 Å². The lowest BCUT2D eigenvalue weighted by molar-refractivity contribution is -0.128. The lowest BCUT2D eigenvalue weighted by Gasteiger charge is -2.60. The molecule has 1 amide bonds. The number of imidazole rings is 1. The molecule has 6 rings (SSSR count). The van der Waals surface area contributed by atoms with Crippen LogP contribution < -0.4 is 5.32 Å². The van der Waals surface area contributed by atoms with Crippen molar-refractivity contribution < 1.29 is 4.79 Å². The largest absolute Gasteiger partial charge is 0.296 e. The molecule has 4 saturated carbocycles. The highest BCUT2D eigenvalue weighted by molar-refractivity contribution is 5.91. The predicted octanol–water partition coefficient (Wildman–Crippen LogP) is 5.19. The normalized spacial score (nSPS) is 28.7. The standard InChI is InChI=1S/C21H28N4O.CH4/c1-21(2)14-9-8-13(16(21)12-14)11-18(26)24-20-23-17-7-4-10-22-19(17)25(20)15-5-3-6-15;/h4,7,10,13-16H,3,5-6,8-9,11-12H2,1-2H3,(H,23,24,26);1H4/t13-,14-,16-;/m0./s1. The van der Waals surface area contributed by atoms with Gasteiger partial charge in [0.15, 0.2) is 5.65 Å². The summed E-state index contributed by atoms with van der Waals surface area (Å²) in [5.41, 5.74) is 2.19. The predicted molar refractivity (Wildman–Crippen MR) is 108 cm³/mol. The lowest BCUT2D eigenvalue weighted by atomic mass is 9.45. The molecule has 2 heterocycles. The number of fused-ring (bicyclic) bond motifs is 3. The molecule has 5 nitrogen and oxygen atoms in total. The molecule has 0 saturated heterocycles. The first-order valence-corrected chi connectivity index (χ1v) is 10.2. The van der Waals surface area contributed by atoms with Crippen molar-refractivity contribution >= 4 is 23.0 Å². The van der Waals surface area contributed by atoms with Gasteiger partial charge in [0, 0.05) is 18.7 Å². The second-order valence-corrected chi connectivity index (χ2v) is 9.19. The van der Waals surface area contributed by atoms with Crippen LogP contribution in [-0.2, 0) is 4.79 Å². The van der Waals surface area contributed by atoms with Crippen molar-refractivity contribution in [1.82, 2.24) is 14.5 Å². The molecule has 27 heavy (non-hydrogen) atoms. The molecule has 2 bridgehead atoms. The number of carbonyl (C=O) groups is 1. The number of hydrogen-bond donors (Lipinski definition) is 1. The van der Waals surface area contributed by atoms with Crippen LogP contribution >= 0.6 is 0 Å². The fourth-order valence-electron chi connectivity index (χ4n) is 5.63. The van der Waals surface area contributed by atoms with Crippen LogP contribution in [0.5, 0.6) is 0 Å². The molecule has 4 fully saturated rings. The second kappa shape index (κ2) is 6.61. The van der Waals surface area contributed by atoms with Gasteiger partial charge < -0.3 is 0 Å². The van der Waals surface area contributed by atoms with Crippen LogP contribution in [0.3, 0.4) is 0 Å². The molecular weight excluding hydrogens is 336 g/mol. The van der Waals surface area contributed by atoms with E-state index in [9.17, 15) is 4.79 Å². The maximum atomic E-state index is 12.8. The van der Waals surface area contributed by atoms with Crippen molar-refractivity contribution in [3.05, 3.63) is 18.3 Å². The van der Waals surface area contributed by atoms with Crippen LogP contribution in [0.4, 0.5) is 5.95 Å². The highest BCUT2D eigenvalue weighted by Crippen LogP contribution is 2.62. The monoisotopic (exact) mass is 368 g/mol. The minimum absolute atomic E-state index is 0. The highest BCUT2D eigenvalue weighted by Gasteiger charge is 2.54. The van der Waals surface area contributed by atoms with Crippen LogP contribution in [0.15, 0.2) is 18.3 Å². The van der Waals surface area contributed by atoms with Gasteiger partial charge in [0.05, 0.1) is 0 Å². The summed E-state index contributed by atoms with van der Waals surface area (Å²) < 4.78 is 2.15. The number of anilines is 1. The van der Waals surface area contributed by atoms with E-state index in [1.54, 1.807) is 0 Å². The quantitative estimate of drug-likeness (QED) is 0.807. The third-order valence-electron chi connectivity index (χ3n) is 7.59. The van der Waals surface area contributed by atoms with E-state index in [2.05, 4.69) is 33.7 Å². The molecule has 1 N–H and O–H groups in total. The van der Waals surface area contributed by atoms with Crippen LogP contribution in [0, 0.1) is 23.2 Å². The number of aromatic nitrogens is 3. The first-order valence-electron chi connectivity index (χ1n) is 10.2. The van der Waals surface area contributed by atoms with Gasteiger partial charge in [-0.25, -0.2) is 9.97 Å². The van der Waals surface area contributed by atoms with Gasteiger partial charge in [-0.1, -0.05) is 21.3 Å². The molecule has 0 aliphatic heterocycles. The molecule has 2 aromatic heterocycles. The molecule has 4 aliphatic rings. The van der Waals surface area contributed by atoms with E-state index in [4.69, 9.17) is 0 Å². The molecular formula is C22H32N4O. The van der Waals surface area contributed by atoms with Crippen molar-refractivity contribution in [2.75, 3.05) is 5.32 Å². The zero-order chi connectivity index (χ0) is 17.9. The van der Waals surface area contributed by atoms with Crippen molar-refractivity contribution in [2.45, 2.75) is 72.3 Å². The molecule has 5 heteroatoms.